The maximum atomic E-state index is 13.3. The van der Waals surface area contributed by atoms with Crippen LogP contribution in [0, 0.1) is 5.92 Å². The fraction of sp³-hybridized carbons (Fsp3) is 0.300. The molecule has 1 fully saturated rings. The predicted molar refractivity (Wildman–Crippen MR) is 96.0 cm³/mol. The molecule has 0 unspecified atom stereocenters. The van der Waals surface area contributed by atoms with Crippen molar-refractivity contribution in [2.75, 3.05) is 0 Å². The maximum Gasteiger partial charge on any atom is 0.420 e. The highest BCUT2D eigenvalue weighted by molar-refractivity contribution is 6.32. The summed E-state index contributed by atoms with van der Waals surface area (Å²) in [5.41, 5.74) is 0.842. The molecule has 3 nitrogen and oxygen atoms in total. The number of ether oxygens (including phenoxy) is 1. The van der Waals surface area contributed by atoms with Crippen LogP contribution in [0.1, 0.15) is 30.4 Å². The summed E-state index contributed by atoms with van der Waals surface area (Å²) in [6, 6.07) is 6.47. The summed E-state index contributed by atoms with van der Waals surface area (Å²) in [7, 11) is 0. The van der Waals surface area contributed by atoms with Crippen LogP contribution in [0.15, 0.2) is 36.5 Å². The van der Waals surface area contributed by atoms with E-state index in [0.717, 1.165) is 29.0 Å². The summed E-state index contributed by atoms with van der Waals surface area (Å²) >= 11 is 5.88. The van der Waals surface area contributed by atoms with Crippen molar-refractivity contribution in [2.45, 2.75) is 31.9 Å². The van der Waals surface area contributed by atoms with Gasteiger partial charge in [-0.3, -0.25) is 5.11 Å². The first kappa shape index (κ1) is 18.0. The minimum Gasteiger partial charge on any atom is -0.455 e. The van der Waals surface area contributed by atoms with Gasteiger partial charge in [0.05, 0.1) is 5.02 Å². The lowest BCUT2D eigenvalue weighted by Crippen LogP contribution is -2.13. The van der Waals surface area contributed by atoms with Crippen molar-refractivity contribution < 1.29 is 23.0 Å². The highest BCUT2D eigenvalue weighted by Gasteiger charge is 2.36. The first-order valence-electron chi connectivity index (χ1n) is 8.67. The van der Waals surface area contributed by atoms with Crippen molar-refractivity contribution in [3.63, 3.8) is 0 Å². The molecular weight excluding hydrogens is 379 g/mol. The van der Waals surface area contributed by atoms with Gasteiger partial charge in [0.1, 0.15) is 11.3 Å². The van der Waals surface area contributed by atoms with Gasteiger partial charge in [-0.25, -0.2) is 0 Å². The number of fused-ring (bicyclic) bond motifs is 1. The number of benzene rings is 2. The summed E-state index contributed by atoms with van der Waals surface area (Å²) in [5, 5.41) is 12.0. The largest absolute Gasteiger partial charge is 0.455 e. The Bertz CT molecular complexity index is 993. The standard InChI is InChI=1S/C20H16ClF3NO2/c21-17-8-13(26)7-16(20(22,23)24)19(17)27-14-4-5-18-15(9-14)12(10-25-18)6-11-2-1-3-11/h4-5,7-11,25H,1-3,6H2. The van der Waals surface area contributed by atoms with Crippen molar-refractivity contribution in [1.29, 1.82) is 0 Å². The number of nitrogens with one attached hydrogen (secondary N) is 1. The molecule has 1 aliphatic rings. The number of hydrogen-bond donors (Lipinski definition) is 1. The number of rotatable bonds is 4. The molecule has 0 amide bonds. The van der Waals surface area contributed by atoms with E-state index in [1.54, 1.807) is 18.2 Å². The van der Waals surface area contributed by atoms with Gasteiger partial charge >= 0.3 is 6.18 Å². The SMILES string of the molecule is [O]c1cc(Cl)c(Oc2ccc3[nH]cc(CC4CCC4)c3c2)c(C(F)(F)F)c1. The van der Waals surface area contributed by atoms with Gasteiger partial charge in [0.15, 0.2) is 11.5 Å². The molecule has 27 heavy (non-hydrogen) atoms. The Hall–Kier alpha value is -2.34. The van der Waals surface area contributed by atoms with E-state index in [0.29, 0.717) is 12.0 Å². The Kier molecular flexibility index (Phi) is 4.46. The molecule has 0 atom stereocenters. The van der Waals surface area contributed by atoms with Crippen LogP contribution >= 0.6 is 11.6 Å². The van der Waals surface area contributed by atoms with Gasteiger partial charge in [-0.05, 0) is 36.1 Å². The average Bonchev–Trinajstić information content (AvgIpc) is 2.94. The van der Waals surface area contributed by atoms with Crippen LogP contribution in [0.5, 0.6) is 17.2 Å². The topological polar surface area (TPSA) is 44.9 Å². The van der Waals surface area contributed by atoms with Gasteiger partial charge in [-0.2, -0.15) is 13.2 Å². The fourth-order valence-corrected chi connectivity index (χ4v) is 3.65. The Morgan fingerprint density at radius 3 is 2.63 bits per heavy atom. The number of halogens is 4. The Balaban J connectivity index is 1.70. The number of aromatic amines is 1. The molecule has 7 heteroatoms. The van der Waals surface area contributed by atoms with Crippen molar-refractivity contribution in [2.24, 2.45) is 5.92 Å². The summed E-state index contributed by atoms with van der Waals surface area (Å²) in [6.45, 7) is 0. The van der Waals surface area contributed by atoms with Crippen LogP contribution < -0.4 is 4.74 Å². The van der Waals surface area contributed by atoms with Crippen molar-refractivity contribution in [3.05, 3.63) is 52.7 Å². The van der Waals surface area contributed by atoms with E-state index < -0.39 is 23.2 Å². The third kappa shape index (κ3) is 3.58. The van der Waals surface area contributed by atoms with E-state index in [1.165, 1.54) is 19.3 Å². The highest BCUT2D eigenvalue weighted by atomic mass is 35.5. The van der Waals surface area contributed by atoms with Crippen LogP contribution in [-0.4, -0.2) is 4.98 Å². The minimum absolute atomic E-state index is 0.239. The summed E-state index contributed by atoms with van der Waals surface area (Å²) < 4.78 is 45.3. The molecular formula is C20H16ClF3NO2. The normalized spacial score (nSPS) is 15.1. The predicted octanol–water partition coefficient (Wildman–Crippen LogP) is 7.12. The third-order valence-corrected chi connectivity index (χ3v) is 5.30. The van der Waals surface area contributed by atoms with Gasteiger partial charge in [-0.15, -0.1) is 0 Å². The Labute approximate surface area is 158 Å². The molecule has 1 N–H and O–H groups in total. The molecule has 1 aromatic heterocycles. The zero-order valence-corrected chi connectivity index (χ0v) is 15.0. The van der Waals surface area contributed by atoms with E-state index >= 15 is 0 Å². The van der Waals surface area contributed by atoms with Crippen LogP contribution in [-0.2, 0) is 17.7 Å². The maximum absolute atomic E-state index is 13.3. The average molecular weight is 395 g/mol. The molecule has 0 spiro atoms. The lowest BCUT2D eigenvalue weighted by atomic mass is 9.81. The van der Waals surface area contributed by atoms with Gasteiger partial charge < -0.3 is 9.72 Å². The summed E-state index contributed by atoms with van der Waals surface area (Å²) in [6.07, 6.45) is 1.78. The molecule has 4 rings (SSSR count). The molecule has 1 aliphatic carbocycles. The summed E-state index contributed by atoms with van der Waals surface area (Å²) in [5.74, 6) is -0.477. The van der Waals surface area contributed by atoms with Crippen molar-refractivity contribution in [3.8, 4) is 17.2 Å². The van der Waals surface area contributed by atoms with Crippen LogP contribution in [0.4, 0.5) is 13.2 Å². The first-order valence-corrected chi connectivity index (χ1v) is 9.04. The van der Waals surface area contributed by atoms with E-state index in [4.69, 9.17) is 16.3 Å². The monoisotopic (exact) mass is 394 g/mol. The smallest absolute Gasteiger partial charge is 0.420 e. The zero-order chi connectivity index (χ0) is 19.2. The van der Waals surface area contributed by atoms with E-state index in [1.807, 2.05) is 6.20 Å². The number of alkyl halides is 3. The van der Waals surface area contributed by atoms with Crippen LogP contribution in [0.2, 0.25) is 5.02 Å². The van der Waals surface area contributed by atoms with Gasteiger partial charge in [-0.1, -0.05) is 30.9 Å². The molecule has 0 bridgehead atoms. The molecule has 0 aliphatic heterocycles. The first-order chi connectivity index (χ1) is 12.8. The molecule has 141 valence electrons. The molecule has 0 saturated heterocycles. The zero-order valence-electron chi connectivity index (χ0n) is 14.2. The van der Waals surface area contributed by atoms with Gasteiger partial charge in [0.25, 0.3) is 0 Å². The molecule has 2 aromatic carbocycles. The Morgan fingerprint density at radius 2 is 1.96 bits per heavy atom. The number of aromatic nitrogens is 1. The van der Waals surface area contributed by atoms with Crippen LogP contribution in [0.25, 0.3) is 10.9 Å². The van der Waals surface area contributed by atoms with E-state index in [-0.39, 0.29) is 10.8 Å². The number of H-pyrrole nitrogens is 1. The second-order valence-corrected chi connectivity index (χ2v) is 7.31. The molecule has 1 heterocycles. The highest BCUT2D eigenvalue weighted by Crippen LogP contribution is 2.45. The Morgan fingerprint density at radius 1 is 1.19 bits per heavy atom. The molecule has 3 aromatic rings. The van der Waals surface area contributed by atoms with Gasteiger partial charge in [0.2, 0.25) is 0 Å². The van der Waals surface area contributed by atoms with Crippen LogP contribution in [0.3, 0.4) is 0 Å². The summed E-state index contributed by atoms with van der Waals surface area (Å²) in [4.78, 5) is 3.18. The fourth-order valence-electron chi connectivity index (χ4n) is 3.40. The quantitative estimate of drug-likeness (QED) is 0.503. The third-order valence-electron chi connectivity index (χ3n) is 5.01. The molecule has 1 radical (unpaired) electrons. The second-order valence-electron chi connectivity index (χ2n) is 6.90. The lowest BCUT2D eigenvalue weighted by molar-refractivity contribution is -0.138. The van der Waals surface area contributed by atoms with Gasteiger partial charge in [0, 0.05) is 29.2 Å². The minimum atomic E-state index is -4.74. The van der Waals surface area contributed by atoms with E-state index in [2.05, 4.69) is 4.98 Å². The van der Waals surface area contributed by atoms with Crippen molar-refractivity contribution >= 4 is 22.5 Å². The number of hydrogen-bond acceptors (Lipinski definition) is 1. The van der Waals surface area contributed by atoms with Crippen molar-refractivity contribution in [1.82, 2.24) is 4.98 Å². The second kappa shape index (κ2) is 6.68. The lowest BCUT2D eigenvalue weighted by Gasteiger charge is -2.24. The van der Waals surface area contributed by atoms with E-state index in [9.17, 15) is 18.3 Å². The molecule has 1 saturated carbocycles.